The monoisotopic (exact) mass is 213 g/mol. The molecule has 0 fully saturated rings. The van der Waals surface area contributed by atoms with E-state index in [1.54, 1.807) is 11.0 Å². The molecule has 1 amide bonds. The molecule has 86 valence electrons. The van der Waals surface area contributed by atoms with E-state index in [1.165, 1.54) is 14.2 Å². The van der Waals surface area contributed by atoms with Gasteiger partial charge >= 0.3 is 0 Å². The van der Waals surface area contributed by atoms with E-state index in [1.807, 2.05) is 27.7 Å². The number of carbonyl (C=O) groups excluding carboxylic acids is 1. The van der Waals surface area contributed by atoms with Crippen LogP contribution in [0.1, 0.15) is 27.7 Å². The Labute approximate surface area is 90.8 Å². The molecule has 1 heterocycles. The van der Waals surface area contributed by atoms with Crippen LogP contribution in [-0.4, -0.2) is 36.5 Å². The van der Waals surface area contributed by atoms with Crippen LogP contribution in [0.2, 0.25) is 0 Å². The summed E-state index contributed by atoms with van der Waals surface area (Å²) in [4.78, 5) is 13.5. The highest BCUT2D eigenvalue weighted by Gasteiger charge is 2.51. The molecule has 0 N–H and O–H groups in total. The second kappa shape index (κ2) is 3.61. The number of amides is 1. The van der Waals surface area contributed by atoms with E-state index in [-0.39, 0.29) is 11.4 Å². The lowest BCUT2D eigenvalue weighted by Crippen LogP contribution is -2.58. The van der Waals surface area contributed by atoms with Crippen LogP contribution in [0.4, 0.5) is 0 Å². The van der Waals surface area contributed by atoms with Gasteiger partial charge in [0.1, 0.15) is 0 Å². The third-order valence-electron chi connectivity index (χ3n) is 2.58. The van der Waals surface area contributed by atoms with Crippen molar-refractivity contribution >= 4 is 5.91 Å². The number of hydrogen-bond acceptors (Lipinski definition) is 3. The lowest BCUT2D eigenvalue weighted by molar-refractivity contribution is -0.272. The predicted molar refractivity (Wildman–Crippen MR) is 57.1 cm³/mol. The van der Waals surface area contributed by atoms with E-state index in [9.17, 15) is 4.79 Å². The molecule has 1 aliphatic rings. The number of carbonyl (C=O) groups is 1. The summed E-state index contributed by atoms with van der Waals surface area (Å²) in [6.07, 6.45) is 1.55. The molecule has 0 aliphatic carbocycles. The predicted octanol–water partition coefficient (Wildman–Crippen LogP) is 1.52. The van der Waals surface area contributed by atoms with Crippen LogP contribution in [0, 0.1) is 0 Å². The largest absolute Gasteiger partial charge is 0.332 e. The van der Waals surface area contributed by atoms with Crippen molar-refractivity contribution in [2.75, 3.05) is 14.2 Å². The maximum Gasteiger partial charge on any atom is 0.278 e. The zero-order valence-electron chi connectivity index (χ0n) is 10.2. The molecule has 0 aromatic rings. The molecule has 4 heteroatoms. The second-order valence-electron chi connectivity index (χ2n) is 4.66. The van der Waals surface area contributed by atoms with Crippen molar-refractivity contribution in [1.82, 2.24) is 4.90 Å². The average Bonchev–Trinajstić information content (AvgIpc) is 2.36. The van der Waals surface area contributed by atoms with Crippen molar-refractivity contribution in [2.24, 2.45) is 0 Å². The Balaban J connectivity index is 3.22. The van der Waals surface area contributed by atoms with Crippen LogP contribution < -0.4 is 0 Å². The molecule has 0 aromatic heterocycles. The Kier molecular flexibility index (Phi) is 2.94. The molecule has 15 heavy (non-hydrogen) atoms. The van der Waals surface area contributed by atoms with Crippen molar-refractivity contribution < 1.29 is 14.3 Å². The maximum atomic E-state index is 11.9. The molecular formula is C11H19NO3. The fourth-order valence-corrected chi connectivity index (χ4v) is 2.02. The Morgan fingerprint density at radius 3 is 2.00 bits per heavy atom. The van der Waals surface area contributed by atoms with Gasteiger partial charge in [0, 0.05) is 31.4 Å². The SMILES string of the molecule is COC1(OC)C(C)=CC(=O)N1C(C)(C)C. The van der Waals surface area contributed by atoms with Gasteiger partial charge in [0.05, 0.1) is 0 Å². The molecule has 0 unspecified atom stereocenters. The van der Waals surface area contributed by atoms with E-state index in [4.69, 9.17) is 9.47 Å². The van der Waals surface area contributed by atoms with Crippen LogP contribution in [0.3, 0.4) is 0 Å². The van der Waals surface area contributed by atoms with E-state index < -0.39 is 5.91 Å². The number of nitrogens with zero attached hydrogens (tertiary/aromatic N) is 1. The Morgan fingerprint density at radius 2 is 1.73 bits per heavy atom. The van der Waals surface area contributed by atoms with Crippen molar-refractivity contribution in [3.63, 3.8) is 0 Å². The van der Waals surface area contributed by atoms with Gasteiger partial charge in [-0.2, -0.15) is 0 Å². The van der Waals surface area contributed by atoms with Crippen molar-refractivity contribution in [1.29, 1.82) is 0 Å². The zero-order chi connectivity index (χ0) is 11.9. The van der Waals surface area contributed by atoms with Crippen LogP contribution in [-0.2, 0) is 14.3 Å². The quantitative estimate of drug-likeness (QED) is 0.653. The van der Waals surface area contributed by atoms with E-state index in [2.05, 4.69) is 0 Å². The standard InChI is InChI=1S/C11H19NO3/c1-8-7-9(13)12(10(2,3)4)11(8,14-5)15-6/h7H,1-6H3. The van der Waals surface area contributed by atoms with E-state index in [0.29, 0.717) is 0 Å². The Morgan fingerprint density at radius 1 is 1.27 bits per heavy atom. The fourth-order valence-electron chi connectivity index (χ4n) is 2.02. The lowest BCUT2D eigenvalue weighted by Gasteiger charge is -2.44. The topological polar surface area (TPSA) is 38.8 Å². The Bertz CT molecular complexity index is 297. The second-order valence-corrected chi connectivity index (χ2v) is 4.66. The van der Waals surface area contributed by atoms with Gasteiger partial charge in [0.25, 0.3) is 11.8 Å². The number of methoxy groups -OCH3 is 2. The van der Waals surface area contributed by atoms with Crippen molar-refractivity contribution in [3.05, 3.63) is 11.6 Å². The summed E-state index contributed by atoms with van der Waals surface area (Å²) in [6.45, 7) is 7.68. The molecule has 0 spiro atoms. The molecule has 0 bridgehead atoms. The molecule has 1 rings (SSSR count). The highest BCUT2D eigenvalue weighted by molar-refractivity contribution is 5.92. The normalized spacial score (nSPS) is 20.8. The third kappa shape index (κ3) is 1.68. The summed E-state index contributed by atoms with van der Waals surface area (Å²) in [6, 6.07) is 0. The summed E-state index contributed by atoms with van der Waals surface area (Å²) in [5.74, 6) is -1.13. The van der Waals surface area contributed by atoms with E-state index in [0.717, 1.165) is 5.57 Å². The zero-order valence-corrected chi connectivity index (χ0v) is 10.2. The van der Waals surface area contributed by atoms with Gasteiger partial charge in [-0.15, -0.1) is 0 Å². The molecule has 4 nitrogen and oxygen atoms in total. The van der Waals surface area contributed by atoms with Crippen LogP contribution >= 0.6 is 0 Å². The molecule has 0 aromatic carbocycles. The van der Waals surface area contributed by atoms with Gasteiger partial charge in [0.2, 0.25) is 0 Å². The van der Waals surface area contributed by atoms with Gasteiger partial charge < -0.3 is 9.47 Å². The molecule has 0 saturated heterocycles. The molecular weight excluding hydrogens is 194 g/mol. The summed E-state index contributed by atoms with van der Waals surface area (Å²) in [5, 5.41) is 0. The summed E-state index contributed by atoms with van der Waals surface area (Å²) in [5.41, 5.74) is 0.421. The molecule has 0 atom stereocenters. The first-order chi connectivity index (χ1) is 6.79. The summed E-state index contributed by atoms with van der Waals surface area (Å²) >= 11 is 0. The van der Waals surface area contributed by atoms with Gasteiger partial charge in [0.15, 0.2) is 0 Å². The minimum atomic E-state index is -1.05. The van der Waals surface area contributed by atoms with Crippen LogP contribution in [0.15, 0.2) is 11.6 Å². The summed E-state index contributed by atoms with van der Waals surface area (Å²) < 4.78 is 10.8. The van der Waals surface area contributed by atoms with Crippen LogP contribution in [0.25, 0.3) is 0 Å². The van der Waals surface area contributed by atoms with E-state index >= 15 is 0 Å². The third-order valence-corrected chi connectivity index (χ3v) is 2.58. The minimum Gasteiger partial charge on any atom is -0.332 e. The number of ether oxygens (including phenoxy) is 2. The maximum absolute atomic E-state index is 11.9. The van der Waals surface area contributed by atoms with Crippen molar-refractivity contribution in [2.45, 2.75) is 39.1 Å². The van der Waals surface area contributed by atoms with Gasteiger partial charge in [-0.3, -0.25) is 9.69 Å². The first kappa shape index (κ1) is 12.2. The first-order valence-corrected chi connectivity index (χ1v) is 4.93. The van der Waals surface area contributed by atoms with Gasteiger partial charge in [-0.1, -0.05) is 0 Å². The lowest BCUT2D eigenvalue weighted by atomic mass is 10.1. The van der Waals surface area contributed by atoms with Crippen LogP contribution in [0.5, 0.6) is 0 Å². The smallest absolute Gasteiger partial charge is 0.278 e. The van der Waals surface area contributed by atoms with Gasteiger partial charge in [-0.05, 0) is 27.7 Å². The molecule has 1 aliphatic heterocycles. The summed E-state index contributed by atoms with van der Waals surface area (Å²) in [7, 11) is 3.08. The van der Waals surface area contributed by atoms with Gasteiger partial charge in [-0.25, -0.2) is 0 Å². The first-order valence-electron chi connectivity index (χ1n) is 4.93. The van der Waals surface area contributed by atoms with Crippen molar-refractivity contribution in [3.8, 4) is 0 Å². The highest BCUT2D eigenvalue weighted by Crippen LogP contribution is 2.37. The average molecular weight is 213 g/mol. The highest BCUT2D eigenvalue weighted by atomic mass is 16.7. The fraction of sp³-hybridized carbons (Fsp3) is 0.727. The minimum absolute atomic E-state index is 0.0799. The number of hydrogen-bond donors (Lipinski definition) is 0. The molecule has 0 saturated carbocycles. The number of rotatable bonds is 2. The molecule has 0 radical (unpaired) electrons. The Hall–Kier alpha value is -0.870.